The molecule has 6 nitrogen and oxygen atoms in total. The molecule has 2 amide bonds. The first-order valence-corrected chi connectivity index (χ1v) is 10.5. The molecule has 0 atom stereocenters. The molecule has 1 saturated heterocycles. The maximum absolute atomic E-state index is 12.7. The molecular weight excluding hydrogens is 390 g/mol. The molecule has 0 aliphatic carbocycles. The average molecular weight is 420 g/mol. The lowest BCUT2D eigenvalue weighted by Crippen LogP contribution is -2.48. The Balaban J connectivity index is 1.57. The Morgan fingerprint density at radius 1 is 0.903 bits per heavy atom. The molecular formula is C25H29N3O3. The maximum Gasteiger partial charge on any atom is 0.251 e. The zero-order valence-corrected chi connectivity index (χ0v) is 18.6. The van der Waals surface area contributed by atoms with E-state index in [2.05, 4.69) is 42.3 Å². The number of benzene rings is 2. The Morgan fingerprint density at radius 2 is 1.55 bits per heavy atom. The highest BCUT2D eigenvalue weighted by Gasteiger charge is 2.22. The molecule has 162 valence electrons. The summed E-state index contributed by atoms with van der Waals surface area (Å²) in [5, 5.41) is 2.76. The van der Waals surface area contributed by atoms with Crippen molar-refractivity contribution in [2.75, 3.05) is 36.4 Å². The van der Waals surface area contributed by atoms with Crippen LogP contribution in [0.25, 0.3) is 0 Å². The summed E-state index contributed by atoms with van der Waals surface area (Å²) in [6.07, 6.45) is 1.40. The standard InChI is InChI=1S/C25H29N3O3/c1-17-6-5-7-23(19(17)3)27-12-14-28(15-13-27)24(30)16-18(2)25(31)26-22-10-8-21(9-11-22)20(4)29/h5-11,16H,12-15H2,1-4H3,(H,26,31)/b18-16-. The molecule has 0 aromatic heterocycles. The number of hydrogen-bond acceptors (Lipinski definition) is 4. The molecule has 0 saturated carbocycles. The number of Topliss-reactive ketones (excluding diaryl/α,β-unsaturated/α-hetero) is 1. The molecule has 0 unspecified atom stereocenters. The van der Waals surface area contributed by atoms with Crippen LogP contribution in [0.1, 0.15) is 35.3 Å². The summed E-state index contributed by atoms with van der Waals surface area (Å²) in [4.78, 5) is 40.5. The van der Waals surface area contributed by atoms with Crippen LogP contribution in [0.2, 0.25) is 0 Å². The highest BCUT2D eigenvalue weighted by molar-refractivity contribution is 6.07. The highest BCUT2D eigenvalue weighted by Crippen LogP contribution is 2.24. The van der Waals surface area contributed by atoms with E-state index >= 15 is 0 Å². The van der Waals surface area contributed by atoms with Crippen molar-refractivity contribution >= 4 is 29.0 Å². The van der Waals surface area contributed by atoms with Crippen LogP contribution in [-0.2, 0) is 9.59 Å². The lowest BCUT2D eigenvalue weighted by atomic mass is 10.1. The van der Waals surface area contributed by atoms with Crippen LogP contribution >= 0.6 is 0 Å². The number of anilines is 2. The van der Waals surface area contributed by atoms with Crippen molar-refractivity contribution in [3.8, 4) is 0 Å². The minimum absolute atomic E-state index is 0.0304. The van der Waals surface area contributed by atoms with Crippen LogP contribution in [0.15, 0.2) is 54.1 Å². The van der Waals surface area contributed by atoms with Crippen molar-refractivity contribution in [2.24, 2.45) is 0 Å². The molecule has 1 aliphatic rings. The number of amides is 2. The van der Waals surface area contributed by atoms with Crippen molar-refractivity contribution in [1.82, 2.24) is 4.90 Å². The van der Waals surface area contributed by atoms with E-state index in [4.69, 9.17) is 0 Å². The zero-order valence-electron chi connectivity index (χ0n) is 18.6. The maximum atomic E-state index is 12.7. The summed E-state index contributed by atoms with van der Waals surface area (Å²) in [6, 6.07) is 13.0. The molecule has 2 aromatic rings. The first-order valence-electron chi connectivity index (χ1n) is 10.5. The van der Waals surface area contributed by atoms with E-state index in [-0.39, 0.29) is 17.6 Å². The summed E-state index contributed by atoms with van der Waals surface area (Å²) >= 11 is 0. The molecule has 3 rings (SSSR count). The third-order valence-electron chi connectivity index (χ3n) is 5.76. The predicted molar refractivity (Wildman–Crippen MR) is 124 cm³/mol. The highest BCUT2D eigenvalue weighted by atomic mass is 16.2. The van der Waals surface area contributed by atoms with Gasteiger partial charge in [-0.1, -0.05) is 12.1 Å². The van der Waals surface area contributed by atoms with Crippen LogP contribution < -0.4 is 10.2 Å². The second-order valence-electron chi connectivity index (χ2n) is 7.95. The minimum atomic E-state index is -0.335. The number of carbonyl (C=O) groups excluding carboxylic acids is 3. The third kappa shape index (κ3) is 5.40. The van der Waals surface area contributed by atoms with E-state index < -0.39 is 0 Å². The van der Waals surface area contributed by atoms with Gasteiger partial charge in [-0.15, -0.1) is 0 Å². The SMILES string of the molecule is CC(=O)c1ccc(NC(=O)/C(C)=C\C(=O)N2CCN(c3cccc(C)c3C)CC2)cc1. The first-order chi connectivity index (χ1) is 14.8. The van der Waals surface area contributed by atoms with Crippen LogP contribution in [-0.4, -0.2) is 48.7 Å². The molecule has 31 heavy (non-hydrogen) atoms. The Morgan fingerprint density at radius 3 is 2.16 bits per heavy atom. The average Bonchev–Trinajstić information content (AvgIpc) is 2.76. The molecule has 0 spiro atoms. The fourth-order valence-electron chi connectivity index (χ4n) is 3.61. The van der Waals surface area contributed by atoms with E-state index in [1.54, 1.807) is 36.1 Å². The second kappa shape index (κ2) is 9.60. The molecule has 1 aliphatic heterocycles. The fourth-order valence-corrected chi connectivity index (χ4v) is 3.61. The number of rotatable bonds is 5. The quantitative estimate of drug-likeness (QED) is 0.592. The van der Waals surface area contributed by atoms with E-state index in [0.29, 0.717) is 29.9 Å². The van der Waals surface area contributed by atoms with Gasteiger partial charge in [-0.25, -0.2) is 0 Å². The summed E-state index contributed by atoms with van der Waals surface area (Å²) in [5.74, 6) is -0.518. The number of hydrogen-bond donors (Lipinski definition) is 1. The largest absolute Gasteiger partial charge is 0.368 e. The van der Waals surface area contributed by atoms with Crippen molar-refractivity contribution in [2.45, 2.75) is 27.7 Å². The predicted octanol–water partition coefficient (Wildman–Crippen LogP) is 3.74. The smallest absolute Gasteiger partial charge is 0.251 e. The monoisotopic (exact) mass is 419 g/mol. The first kappa shape index (κ1) is 22.3. The number of nitrogens with zero attached hydrogens (tertiary/aromatic N) is 2. The molecule has 0 bridgehead atoms. The van der Waals surface area contributed by atoms with Gasteiger partial charge in [0.25, 0.3) is 5.91 Å². The number of ketones is 1. The van der Waals surface area contributed by atoms with Crippen LogP contribution in [0.3, 0.4) is 0 Å². The molecule has 0 radical (unpaired) electrons. The van der Waals surface area contributed by atoms with Crippen molar-refractivity contribution in [1.29, 1.82) is 0 Å². The Labute approximate surface area is 183 Å². The number of carbonyl (C=O) groups is 3. The lowest BCUT2D eigenvalue weighted by molar-refractivity contribution is -0.126. The summed E-state index contributed by atoms with van der Waals surface area (Å²) in [5.41, 5.74) is 5.26. The van der Waals surface area contributed by atoms with Crippen molar-refractivity contribution in [3.05, 3.63) is 70.8 Å². The van der Waals surface area contributed by atoms with Crippen molar-refractivity contribution < 1.29 is 14.4 Å². The number of piperazine rings is 1. The molecule has 1 fully saturated rings. The van der Waals surface area contributed by atoms with Crippen LogP contribution in [0.5, 0.6) is 0 Å². The van der Waals surface area contributed by atoms with Gasteiger partial charge in [0, 0.05) is 54.8 Å². The van der Waals surface area contributed by atoms with Gasteiger partial charge < -0.3 is 15.1 Å². The number of nitrogens with one attached hydrogen (secondary N) is 1. The molecule has 2 aromatic carbocycles. The van der Waals surface area contributed by atoms with Gasteiger partial charge in [0.05, 0.1) is 0 Å². The fraction of sp³-hybridized carbons (Fsp3) is 0.320. The van der Waals surface area contributed by atoms with E-state index in [0.717, 1.165) is 13.1 Å². The van der Waals surface area contributed by atoms with Gasteiger partial charge in [0.15, 0.2) is 5.78 Å². The lowest BCUT2D eigenvalue weighted by Gasteiger charge is -2.36. The van der Waals surface area contributed by atoms with Crippen LogP contribution in [0, 0.1) is 13.8 Å². The Hall–Kier alpha value is -3.41. The molecule has 1 heterocycles. The molecule has 6 heteroatoms. The Bertz CT molecular complexity index is 1020. The summed E-state index contributed by atoms with van der Waals surface area (Å²) < 4.78 is 0. The topological polar surface area (TPSA) is 69.7 Å². The van der Waals surface area contributed by atoms with Gasteiger partial charge in [0.1, 0.15) is 0 Å². The minimum Gasteiger partial charge on any atom is -0.368 e. The van der Waals surface area contributed by atoms with E-state index in [1.165, 1.54) is 29.8 Å². The summed E-state index contributed by atoms with van der Waals surface area (Å²) in [6.45, 7) is 10.1. The normalized spacial score (nSPS) is 14.4. The van der Waals surface area contributed by atoms with E-state index in [1.807, 2.05) is 0 Å². The van der Waals surface area contributed by atoms with Gasteiger partial charge in [-0.2, -0.15) is 0 Å². The second-order valence-corrected chi connectivity index (χ2v) is 7.95. The van der Waals surface area contributed by atoms with Crippen LogP contribution in [0.4, 0.5) is 11.4 Å². The summed E-state index contributed by atoms with van der Waals surface area (Å²) in [7, 11) is 0. The van der Waals surface area contributed by atoms with Crippen molar-refractivity contribution in [3.63, 3.8) is 0 Å². The van der Waals surface area contributed by atoms with Gasteiger partial charge in [-0.05, 0) is 69.2 Å². The molecule has 1 N–H and O–H groups in total. The Kier molecular flexibility index (Phi) is 6.90. The third-order valence-corrected chi connectivity index (χ3v) is 5.76. The van der Waals surface area contributed by atoms with Gasteiger partial charge in [0.2, 0.25) is 5.91 Å². The van der Waals surface area contributed by atoms with Gasteiger partial charge >= 0.3 is 0 Å². The van der Waals surface area contributed by atoms with Gasteiger partial charge in [-0.3, -0.25) is 14.4 Å². The zero-order chi connectivity index (χ0) is 22.5. The van der Waals surface area contributed by atoms with E-state index in [9.17, 15) is 14.4 Å². The number of aryl methyl sites for hydroxylation is 1.